The van der Waals surface area contributed by atoms with E-state index in [9.17, 15) is 22.8 Å². The minimum Gasteiger partial charge on any atom is -0.494 e. The van der Waals surface area contributed by atoms with Crippen molar-refractivity contribution in [3.8, 4) is 11.5 Å². The van der Waals surface area contributed by atoms with E-state index in [0.717, 1.165) is 6.07 Å². The molecule has 0 saturated carbocycles. The third-order valence-electron chi connectivity index (χ3n) is 4.49. The fourth-order valence-corrected chi connectivity index (χ4v) is 3.20. The monoisotopic (exact) mass is 406 g/mol. The Morgan fingerprint density at radius 2 is 1.83 bits per heavy atom. The maximum Gasteiger partial charge on any atom is 0.387 e. The number of hydrogen-bond acceptors (Lipinski definition) is 4. The molecule has 2 aromatic carbocycles. The average molecular weight is 406 g/mol. The number of hydrogen-bond donors (Lipinski definition) is 1. The molecule has 0 spiro atoms. The molecule has 29 heavy (non-hydrogen) atoms. The molecule has 0 radical (unpaired) electrons. The second-order valence-electron chi connectivity index (χ2n) is 6.25. The quantitative estimate of drug-likeness (QED) is 0.680. The van der Waals surface area contributed by atoms with Gasteiger partial charge in [-0.1, -0.05) is 0 Å². The van der Waals surface area contributed by atoms with E-state index < -0.39 is 24.2 Å². The van der Waals surface area contributed by atoms with E-state index in [1.807, 2.05) is 0 Å². The van der Waals surface area contributed by atoms with Crippen molar-refractivity contribution in [3.05, 3.63) is 59.0 Å². The van der Waals surface area contributed by atoms with Crippen molar-refractivity contribution in [3.63, 3.8) is 0 Å². The van der Waals surface area contributed by atoms with Crippen LogP contribution in [-0.2, 0) is 11.2 Å². The number of nitrogens with zero attached hydrogens (tertiary/aromatic N) is 1. The highest BCUT2D eigenvalue weighted by atomic mass is 19.3. The lowest BCUT2D eigenvalue weighted by Gasteiger charge is -2.09. The maximum absolute atomic E-state index is 14.3. The van der Waals surface area contributed by atoms with Gasteiger partial charge in [0.05, 0.1) is 19.0 Å². The SMILES string of the molecule is COc1cc2c(CC(N)=O)c(C)n(C(=O)c3ccc(OC(F)F)cc3)c2cc1F. The van der Waals surface area contributed by atoms with Gasteiger partial charge >= 0.3 is 6.61 Å². The lowest BCUT2D eigenvalue weighted by molar-refractivity contribution is -0.117. The van der Waals surface area contributed by atoms with Crippen molar-refractivity contribution in [2.24, 2.45) is 5.73 Å². The van der Waals surface area contributed by atoms with Crippen LogP contribution in [0.5, 0.6) is 11.5 Å². The molecule has 1 heterocycles. The number of primary amides is 1. The number of rotatable bonds is 6. The Kier molecular flexibility index (Phi) is 5.49. The predicted molar refractivity (Wildman–Crippen MR) is 98.9 cm³/mol. The molecule has 2 N–H and O–H groups in total. The van der Waals surface area contributed by atoms with Gasteiger partial charge in [0.15, 0.2) is 11.6 Å². The Hall–Kier alpha value is -3.49. The van der Waals surface area contributed by atoms with E-state index in [4.69, 9.17) is 10.5 Å². The Balaban J connectivity index is 2.15. The van der Waals surface area contributed by atoms with Gasteiger partial charge in [0.25, 0.3) is 5.91 Å². The summed E-state index contributed by atoms with van der Waals surface area (Å²) >= 11 is 0. The number of amides is 1. The number of ether oxygens (including phenoxy) is 2. The van der Waals surface area contributed by atoms with E-state index in [-0.39, 0.29) is 29.0 Å². The molecule has 0 fully saturated rings. The number of benzene rings is 2. The van der Waals surface area contributed by atoms with Crippen LogP contribution < -0.4 is 15.2 Å². The van der Waals surface area contributed by atoms with Gasteiger partial charge in [0.2, 0.25) is 5.91 Å². The third-order valence-corrected chi connectivity index (χ3v) is 4.49. The van der Waals surface area contributed by atoms with Gasteiger partial charge in [-0.15, -0.1) is 0 Å². The fourth-order valence-electron chi connectivity index (χ4n) is 3.20. The lowest BCUT2D eigenvalue weighted by Crippen LogP contribution is -2.16. The molecule has 0 aliphatic rings. The van der Waals surface area contributed by atoms with Gasteiger partial charge in [-0.25, -0.2) is 4.39 Å². The fraction of sp³-hybridized carbons (Fsp3) is 0.200. The molecule has 9 heteroatoms. The molecule has 0 aliphatic carbocycles. The molecule has 0 bridgehead atoms. The predicted octanol–water partition coefficient (Wildman–Crippen LogP) is 3.42. The van der Waals surface area contributed by atoms with Crippen LogP contribution in [0.3, 0.4) is 0 Å². The second kappa shape index (κ2) is 7.86. The van der Waals surface area contributed by atoms with Crippen LogP contribution in [0, 0.1) is 12.7 Å². The first-order chi connectivity index (χ1) is 13.7. The van der Waals surface area contributed by atoms with E-state index in [2.05, 4.69) is 4.74 Å². The van der Waals surface area contributed by atoms with Crippen LogP contribution in [0.15, 0.2) is 36.4 Å². The number of halogens is 3. The van der Waals surface area contributed by atoms with E-state index in [1.54, 1.807) is 6.92 Å². The molecule has 3 aromatic rings. The third kappa shape index (κ3) is 3.89. The number of aromatic nitrogens is 1. The summed E-state index contributed by atoms with van der Waals surface area (Å²) in [5.74, 6) is -1.97. The highest BCUT2D eigenvalue weighted by molar-refractivity contribution is 6.05. The highest BCUT2D eigenvalue weighted by Gasteiger charge is 2.23. The Bertz CT molecular complexity index is 1090. The van der Waals surface area contributed by atoms with Gasteiger partial charge in [0, 0.05) is 22.7 Å². The molecular formula is C20H17F3N2O4. The van der Waals surface area contributed by atoms with Gasteiger partial charge in [0.1, 0.15) is 5.75 Å². The zero-order valence-corrected chi connectivity index (χ0v) is 15.5. The van der Waals surface area contributed by atoms with Crippen molar-refractivity contribution >= 4 is 22.7 Å². The van der Waals surface area contributed by atoms with Crippen molar-refractivity contribution in [1.82, 2.24) is 4.57 Å². The number of carbonyl (C=O) groups is 2. The number of fused-ring (bicyclic) bond motifs is 1. The first-order valence-corrected chi connectivity index (χ1v) is 8.48. The zero-order valence-electron chi connectivity index (χ0n) is 15.5. The largest absolute Gasteiger partial charge is 0.494 e. The van der Waals surface area contributed by atoms with Crippen molar-refractivity contribution in [2.75, 3.05) is 7.11 Å². The van der Waals surface area contributed by atoms with Crippen LogP contribution >= 0.6 is 0 Å². The van der Waals surface area contributed by atoms with E-state index in [1.165, 1.54) is 42.0 Å². The summed E-state index contributed by atoms with van der Waals surface area (Å²) in [6, 6.07) is 7.64. The zero-order chi connectivity index (χ0) is 21.3. The molecule has 0 unspecified atom stereocenters. The minimum absolute atomic E-state index is 0.0404. The summed E-state index contributed by atoms with van der Waals surface area (Å²) in [6.45, 7) is -1.38. The normalized spacial score (nSPS) is 11.1. The van der Waals surface area contributed by atoms with Crippen molar-refractivity contribution in [1.29, 1.82) is 0 Å². The molecule has 1 aromatic heterocycles. The molecule has 0 atom stereocenters. The smallest absolute Gasteiger partial charge is 0.387 e. The minimum atomic E-state index is -2.98. The lowest BCUT2D eigenvalue weighted by atomic mass is 10.1. The summed E-state index contributed by atoms with van der Waals surface area (Å²) in [6.07, 6.45) is -0.154. The summed E-state index contributed by atoms with van der Waals surface area (Å²) in [7, 11) is 1.30. The summed E-state index contributed by atoms with van der Waals surface area (Å²) in [4.78, 5) is 24.6. The van der Waals surface area contributed by atoms with Gasteiger partial charge in [-0.05, 0) is 42.8 Å². The number of nitrogens with two attached hydrogens (primary N) is 1. The number of carbonyl (C=O) groups excluding carboxylic acids is 2. The summed E-state index contributed by atoms with van der Waals surface area (Å²) < 4.78 is 49.4. The second-order valence-corrected chi connectivity index (χ2v) is 6.25. The van der Waals surface area contributed by atoms with Gasteiger partial charge < -0.3 is 15.2 Å². The van der Waals surface area contributed by atoms with Crippen LogP contribution in [0.4, 0.5) is 13.2 Å². The molecule has 0 aliphatic heterocycles. The van der Waals surface area contributed by atoms with Crippen LogP contribution in [0.2, 0.25) is 0 Å². The van der Waals surface area contributed by atoms with Crippen LogP contribution in [0.1, 0.15) is 21.6 Å². The van der Waals surface area contributed by atoms with Crippen molar-refractivity contribution in [2.45, 2.75) is 20.0 Å². The average Bonchev–Trinajstić information content (AvgIpc) is 2.91. The molecule has 0 saturated heterocycles. The Morgan fingerprint density at radius 3 is 2.38 bits per heavy atom. The van der Waals surface area contributed by atoms with Gasteiger partial charge in [-0.3, -0.25) is 14.2 Å². The Labute approximate surface area is 163 Å². The van der Waals surface area contributed by atoms with Crippen molar-refractivity contribution < 1.29 is 32.2 Å². The molecule has 6 nitrogen and oxygen atoms in total. The van der Waals surface area contributed by atoms with Crippen LogP contribution in [0.25, 0.3) is 10.9 Å². The Morgan fingerprint density at radius 1 is 1.17 bits per heavy atom. The first kappa shape index (κ1) is 20.2. The summed E-state index contributed by atoms with van der Waals surface area (Å²) in [5.41, 5.74) is 6.59. The highest BCUT2D eigenvalue weighted by Crippen LogP contribution is 2.32. The van der Waals surface area contributed by atoms with Crippen LogP contribution in [-0.4, -0.2) is 30.1 Å². The standard InChI is InChI=1S/C20H17F3N2O4/c1-10-13(8-18(24)26)14-7-17(28-2)15(21)9-16(14)25(10)19(27)11-3-5-12(6-4-11)29-20(22)23/h3-7,9,20H,8H2,1-2H3,(H2,24,26). The molecule has 1 amide bonds. The first-order valence-electron chi connectivity index (χ1n) is 8.48. The van der Waals surface area contributed by atoms with Gasteiger partial charge in [-0.2, -0.15) is 8.78 Å². The molecule has 3 rings (SSSR count). The topological polar surface area (TPSA) is 83.5 Å². The molecule has 152 valence electrons. The summed E-state index contributed by atoms with van der Waals surface area (Å²) in [5, 5.41) is 0.450. The maximum atomic E-state index is 14.3. The number of methoxy groups -OCH3 is 1. The van der Waals surface area contributed by atoms with E-state index >= 15 is 0 Å². The molecular weight excluding hydrogens is 389 g/mol. The van der Waals surface area contributed by atoms with E-state index in [0.29, 0.717) is 16.6 Å². The number of alkyl halides is 2.